The van der Waals surface area contributed by atoms with Gasteiger partial charge in [0.1, 0.15) is 5.69 Å². The Morgan fingerprint density at radius 3 is 3.04 bits per heavy atom. The normalized spacial score (nSPS) is 21.0. The van der Waals surface area contributed by atoms with Gasteiger partial charge >= 0.3 is 0 Å². The molecule has 2 aromatic rings. The van der Waals surface area contributed by atoms with Gasteiger partial charge < -0.3 is 9.64 Å². The number of hydrogen-bond acceptors (Lipinski definition) is 5. The lowest BCUT2D eigenvalue weighted by Crippen LogP contribution is -2.49. The van der Waals surface area contributed by atoms with Gasteiger partial charge in [-0.25, -0.2) is 0 Å². The molecule has 7 heteroatoms. The summed E-state index contributed by atoms with van der Waals surface area (Å²) in [7, 11) is 0. The van der Waals surface area contributed by atoms with E-state index in [1.807, 2.05) is 23.6 Å². The van der Waals surface area contributed by atoms with Crippen molar-refractivity contribution in [1.82, 2.24) is 15.1 Å². The van der Waals surface area contributed by atoms with Crippen LogP contribution in [0.5, 0.6) is 0 Å². The highest BCUT2D eigenvalue weighted by molar-refractivity contribution is 7.12. The van der Waals surface area contributed by atoms with E-state index in [2.05, 4.69) is 10.2 Å². The summed E-state index contributed by atoms with van der Waals surface area (Å²) in [6.45, 7) is 1.38. The van der Waals surface area contributed by atoms with Gasteiger partial charge in [-0.1, -0.05) is 6.07 Å². The highest BCUT2D eigenvalue weighted by atomic mass is 32.1. The van der Waals surface area contributed by atoms with Crippen molar-refractivity contribution in [2.24, 2.45) is 0 Å². The molecule has 1 saturated heterocycles. The van der Waals surface area contributed by atoms with Crippen LogP contribution in [0.1, 0.15) is 51.0 Å². The monoisotopic (exact) mass is 345 g/mol. The largest absolute Gasteiger partial charge is 0.377 e. The first-order chi connectivity index (χ1) is 11.7. The molecule has 1 saturated carbocycles. The number of Topliss-reactive ketones (excluding diaryl/α,β-unsaturated/α-hetero) is 1. The number of carbonyl (C=O) groups is 2. The van der Waals surface area contributed by atoms with Crippen LogP contribution < -0.4 is 0 Å². The topological polar surface area (TPSA) is 75.3 Å². The molecule has 0 radical (unpaired) electrons. The molecule has 2 aliphatic rings. The van der Waals surface area contributed by atoms with Gasteiger partial charge in [0.15, 0.2) is 5.78 Å². The molecule has 1 amide bonds. The van der Waals surface area contributed by atoms with Gasteiger partial charge in [0.2, 0.25) is 0 Å². The maximum absolute atomic E-state index is 12.8. The van der Waals surface area contributed by atoms with Gasteiger partial charge in [-0.2, -0.15) is 5.10 Å². The molecule has 24 heavy (non-hydrogen) atoms. The Balaban J connectivity index is 1.48. The summed E-state index contributed by atoms with van der Waals surface area (Å²) >= 11 is 1.43. The number of hydrogen-bond donors (Lipinski definition) is 1. The molecular formula is C17H19N3O3S. The maximum atomic E-state index is 12.8. The van der Waals surface area contributed by atoms with E-state index in [1.165, 1.54) is 11.3 Å². The van der Waals surface area contributed by atoms with Gasteiger partial charge in [0, 0.05) is 24.6 Å². The molecule has 2 fully saturated rings. The van der Waals surface area contributed by atoms with Crippen molar-refractivity contribution in [2.45, 2.75) is 31.2 Å². The summed E-state index contributed by atoms with van der Waals surface area (Å²) in [6, 6.07) is 5.30. The zero-order chi connectivity index (χ0) is 16.5. The number of rotatable bonds is 5. The quantitative estimate of drug-likeness (QED) is 0.845. The van der Waals surface area contributed by atoms with Crippen molar-refractivity contribution in [1.29, 1.82) is 0 Å². The van der Waals surface area contributed by atoms with Crippen molar-refractivity contribution >= 4 is 23.0 Å². The molecule has 1 atom stereocenters. The molecular weight excluding hydrogens is 326 g/mol. The summed E-state index contributed by atoms with van der Waals surface area (Å²) in [5, 5.41) is 9.03. The number of amides is 1. The molecule has 1 aliphatic heterocycles. The summed E-state index contributed by atoms with van der Waals surface area (Å²) < 4.78 is 5.50. The standard InChI is InChI=1S/C17H19N3O3S/c21-15(16-2-1-7-24-16)8-12-10-23-6-5-20(12)17(22)14-9-13(18-19-14)11-3-4-11/h1-2,7,9,11-12H,3-6,8,10H2,(H,18,19)/t12-/m1/s1. The van der Waals surface area contributed by atoms with E-state index in [9.17, 15) is 9.59 Å². The third-order valence-electron chi connectivity index (χ3n) is 4.54. The lowest BCUT2D eigenvalue weighted by molar-refractivity contribution is -0.00307. The van der Waals surface area contributed by atoms with Crippen molar-refractivity contribution in [3.63, 3.8) is 0 Å². The number of carbonyl (C=O) groups excluding carboxylic acids is 2. The van der Waals surface area contributed by atoms with E-state index in [1.54, 1.807) is 4.90 Å². The second kappa shape index (κ2) is 6.49. The molecule has 6 nitrogen and oxygen atoms in total. The van der Waals surface area contributed by atoms with Crippen LogP contribution in [-0.2, 0) is 4.74 Å². The fourth-order valence-corrected chi connectivity index (χ4v) is 3.72. The lowest BCUT2D eigenvalue weighted by Gasteiger charge is -2.34. The Morgan fingerprint density at radius 2 is 2.29 bits per heavy atom. The number of aromatic nitrogens is 2. The number of thiophene rings is 1. The van der Waals surface area contributed by atoms with Crippen LogP contribution in [0.2, 0.25) is 0 Å². The molecule has 4 rings (SSSR count). The van der Waals surface area contributed by atoms with E-state index in [0.29, 0.717) is 31.4 Å². The lowest BCUT2D eigenvalue weighted by atomic mass is 10.1. The third-order valence-corrected chi connectivity index (χ3v) is 5.45. The predicted molar refractivity (Wildman–Crippen MR) is 89.5 cm³/mol. The van der Waals surface area contributed by atoms with Crippen LogP contribution >= 0.6 is 11.3 Å². The van der Waals surface area contributed by atoms with Crippen molar-refractivity contribution in [2.75, 3.05) is 19.8 Å². The van der Waals surface area contributed by atoms with Crippen LogP contribution in [0.4, 0.5) is 0 Å². The number of morpholine rings is 1. The Kier molecular flexibility index (Phi) is 4.20. The Bertz CT molecular complexity index is 736. The number of nitrogens with zero attached hydrogens (tertiary/aromatic N) is 2. The van der Waals surface area contributed by atoms with Gasteiger partial charge in [0.25, 0.3) is 5.91 Å². The molecule has 0 spiro atoms. The number of ketones is 1. The first-order valence-electron chi connectivity index (χ1n) is 8.23. The fourth-order valence-electron chi connectivity index (χ4n) is 3.04. The zero-order valence-corrected chi connectivity index (χ0v) is 14.1. The van der Waals surface area contributed by atoms with Gasteiger partial charge in [-0.3, -0.25) is 14.7 Å². The van der Waals surface area contributed by atoms with E-state index in [0.717, 1.165) is 23.4 Å². The number of H-pyrrole nitrogens is 1. The molecule has 1 aliphatic carbocycles. The number of nitrogens with one attached hydrogen (secondary N) is 1. The van der Waals surface area contributed by atoms with E-state index in [4.69, 9.17) is 4.74 Å². The molecule has 0 unspecified atom stereocenters. The minimum atomic E-state index is -0.234. The summed E-state index contributed by atoms with van der Waals surface area (Å²) in [6.07, 6.45) is 2.60. The van der Waals surface area contributed by atoms with Crippen LogP contribution in [0.15, 0.2) is 23.6 Å². The number of aromatic amines is 1. The molecule has 3 heterocycles. The molecule has 126 valence electrons. The molecule has 0 bridgehead atoms. The summed E-state index contributed by atoms with van der Waals surface area (Å²) in [5.74, 6) is 0.462. The minimum absolute atomic E-state index is 0.0546. The average molecular weight is 345 g/mol. The first-order valence-corrected chi connectivity index (χ1v) is 9.11. The number of ether oxygens (including phenoxy) is 1. The van der Waals surface area contributed by atoms with Crippen molar-refractivity contribution in [3.8, 4) is 0 Å². The zero-order valence-electron chi connectivity index (χ0n) is 13.2. The third kappa shape index (κ3) is 3.14. The van der Waals surface area contributed by atoms with Gasteiger partial charge in [-0.15, -0.1) is 11.3 Å². The molecule has 1 N–H and O–H groups in total. The second-order valence-corrected chi connectivity index (χ2v) is 7.26. The Morgan fingerprint density at radius 1 is 1.42 bits per heavy atom. The highest BCUT2D eigenvalue weighted by Crippen LogP contribution is 2.39. The first kappa shape index (κ1) is 15.5. The predicted octanol–water partition coefficient (Wildman–Crippen LogP) is 2.46. The maximum Gasteiger partial charge on any atom is 0.274 e. The minimum Gasteiger partial charge on any atom is -0.377 e. The van der Waals surface area contributed by atoms with Crippen molar-refractivity contribution in [3.05, 3.63) is 39.8 Å². The van der Waals surface area contributed by atoms with Crippen LogP contribution in [-0.4, -0.2) is 52.6 Å². The van der Waals surface area contributed by atoms with E-state index < -0.39 is 0 Å². The van der Waals surface area contributed by atoms with Crippen LogP contribution in [0, 0.1) is 0 Å². The van der Waals surface area contributed by atoms with Crippen LogP contribution in [0.3, 0.4) is 0 Å². The molecule has 0 aromatic carbocycles. The average Bonchev–Trinajstić information content (AvgIpc) is 3.12. The van der Waals surface area contributed by atoms with Gasteiger partial charge in [-0.05, 0) is 30.4 Å². The van der Waals surface area contributed by atoms with E-state index >= 15 is 0 Å². The highest BCUT2D eigenvalue weighted by Gasteiger charge is 2.33. The smallest absolute Gasteiger partial charge is 0.274 e. The Labute approximate surface area is 143 Å². The summed E-state index contributed by atoms with van der Waals surface area (Å²) in [4.78, 5) is 27.7. The fraction of sp³-hybridized carbons (Fsp3) is 0.471. The van der Waals surface area contributed by atoms with Crippen LogP contribution in [0.25, 0.3) is 0 Å². The molecule has 2 aromatic heterocycles. The van der Waals surface area contributed by atoms with E-state index in [-0.39, 0.29) is 24.2 Å². The SMILES string of the molecule is O=C(C[C@@H]1COCCN1C(=O)c1cc(C2CC2)[nH]n1)c1cccs1. The second-order valence-electron chi connectivity index (χ2n) is 6.31. The van der Waals surface area contributed by atoms with Crippen molar-refractivity contribution < 1.29 is 14.3 Å². The Hall–Kier alpha value is -1.99. The van der Waals surface area contributed by atoms with Gasteiger partial charge in [0.05, 0.1) is 24.1 Å². The summed E-state index contributed by atoms with van der Waals surface area (Å²) in [5.41, 5.74) is 1.48.